The molecule has 0 unspecified atom stereocenters. The summed E-state index contributed by atoms with van der Waals surface area (Å²) in [6.45, 7) is 1.37. The highest BCUT2D eigenvalue weighted by Crippen LogP contribution is 2.13. The Hall–Kier alpha value is -1.64. The first-order valence-corrected chi connectivity index (χ1v) is 4.93. The van der Waals surface area contributed by atoms with Crippen LogP contribution in [0.1, 0.15) is 25.3 Å². The second-order valence-electron chi connectivity index (χ2n) is 3.30. The normalized spacial score (nSPS) is 9.67. The molecule has 1 aromatic carbocycles. The predicted molar refractivity (Wildman–Crippen MR) is 56.8 cm³/mol. The molecule has 0 aromatic heterocycles. The van der Waals surface area contributed by atoms with Gasteiger partial charge < -0.3 is 9.53 Å². The first-order chi connectivity index (χ1) is 7.22. The van der Waals surface area contributed by atoms with Crippen LogP contribution in [0.4, 0.5) is 0 Å². The molecule has 0 amide bonds. The minimum absolute atomic E-state index is 0.316. The van der Waals surface area contributed by atoms with Gasteiger partial charge in [-0.25, -0.2) is 0 Å². The Morgan fingerprint density at radius 1 is 1.33 bits per heavy atom. The van der Waals surface area contributed by atoms with Crippen molar-refractivity contribution < 1.29 is 14.3 Å². The molecular weight excluding hydrogens is 192 g/mol. The molecule has 3 nitrogen and oxygen atoms in total. The van der Waals surface area contributed by atoms with Gasteiger partial charge in [-0.1, -0.05) is 12.1 Å². The van der Waals surface area contributed by atoms with Crippen LogP contribution >= 0.6 is 0 Å². The topological polar surface area (TPSA) is 43.4 Å². The number of hydrogen-bond donors (Lipinski definition) is 0. The Balaban J connectivity index is 2.48. The van der Waals surface area contributed by atoms with Gasteiger partial charge in [0.05, 0.1) is 0 Å². The SMILES string of the molecule is CC(=O)Oc1ccc(CCCC=O)cc1. The van der Waals surface area contributed by atoms with Gasteiger partial charge in [0.2, 0.25) is 0 Å². The maximum Gasteiger partial charge on any atom is 0.308 e. The summed E-state index contributed by atoms with van der Waals surface area (Å²) in [5.74, 6) is 0.241. The Labute approximate surface area is 89.1 Å². The number of carbonyl (C=O) groups is 2. The number of ether oxygens (including phenoxy) is 1. The highest BCUT2D eigenvalue weighted by molar-refractivity contribution is 5.69. The molecule has 0 radical (unpaired) electrons. The van der Waals surface area contributed by atoms with E-state index < -0.39 is 0 Å². The van der Waals surface area contributed by atoms with E-state index in [9.17, 15) is 9.59 Å². The molecule has 1 rings (SSSR count). The predicted octanol–water partition coefficient (Wildman–Crippen LogP) is 2.13. The standard InChI is InChI=1S/C12H14O3/c1-10(14)15-12-7-5-11(6-8-12)4-2-3-9-13/h5-9H,2-4H2,1H3. The third-order valence-electron chi connectivity index (χ3n) is 1.97. The maximum absolute atomic E-state index is 10.6. The zero-order chi connectivity index (χ0) is 11.1. The lowest BCUT2D eigenvalue weighted by molar-refractivity contribution is -0.131. The lowest BCUT2D eigenvalue weighted by Crippen LogP contribution is -2.01. The highest BCUT2D eigenvalue weighted by Gasteiger charge is 1.98. The average molecular weight is 206 g/mol. The van der Waals surface area contributed by atoms with Gasteiger partial charge in [0, 0.05) is 13.3 Å². The van der Waals surface area contributed by atoms with Gasteiger partial charge in [0.15, 0.2) is 0 Å². The minimum atomic E-state index is -0.316. The van der Waals surface area contributed by atoms with Crippen molar-refractivity contribution in [2.45, 2.75) is 26.2 Å². The summed E-state index contributed by atoms with van der Waals surface area (Å²) in [6, 6.07) is 7.33. The van der Waals surface area contributed by atoms with Crippen LogP contribution < -0.4 is 4.74 Å². The fourth-order valence-electron chi connectivity index (χ4n) is 1.28. The van der Waals surface area contributed by atoms with Gasteiger partial charge in [0.1, 0.15) is 12.0 Å². The number of hydrogen-bond acceptors (Lipinski definition) is 3. The molecule has 0 aliphatic rings. The highest BCUT2D eigenvalue weighted by atomic mass is 16.5. The first kappa shape index (κ1) is 11.4. The number of unbranched alkanes of at least 4 members (excludes halogenated alkanes) is 1. The molecule has 0 aliphatic carbocycles. The molecule has 0 N–H and O–H groups in total. The van der Waals surface area contributed by atoms with Crippen molar-refractivity contribution in [3.63, 3.8) is 0 Å². The van der Waals surface area contributed by atoms with E-state index in [-0.39, 0.29) is 5.97 Å². The van der Waals surface area contributed by atoms with E-state index in [1.165, 1.54) is 6.92 Å². The molecule has 0 spiro atoms. The largest absolute Gasteiger partial charge is 0.427 e. The van der Waals surface area contributed by atoms with E-state index in [4.69, 9.17) is 4.74 Å². The summed E-state index contributed by atoms with van der Waals surface area (Å²) in [6.07, 6.45) is 3.24. The summed E-state index contributed by atoms with van der Waals surface area (Å²) in [5, 5.41) is 0. The quantitative estimate of drug-likeness (QED) is 0.321. The monoisotopic (exact) mass is 206 g/mol. The molecule has 1 aromatic rings. The van der Waals surface area contributed by atoms with Crippen LogP contribution in [0.5, 0.6) is 5.75 Å². The van der Waals surface area contributed by atoms with Crippen molar-refractivity contribution in [2.75, 3.05) is 0 Å². The van der Waals surface area contributed by atoms with E-state index in [0.717, 1.165) is 24.7 Å². The molecule has 15 heavy (non-hydrogen) atoms. The molecular formula is C12H14O3. The first-order valence-electron chi connectivity index (χ1n) is 4.93. The minimum Gasteiger partial charge on any atom is -0.427 e. The van der Waals surface area contributed by atoms with Gasteiger partial charge in [-0.3, -0.25) is 4.79 Å². The maximum atomic E-state index is 10.6. The molecule has 80 valence electrons. The Bertz CT molecular complexity index is 327. The van der Waals surface area contributed by atoms with Crippen LogP contribution in [0.25, 0.3) is 0 Å². The van der Waals surface area contributed by atoms with Crippen molar-refractivity contribution in [3.8, 4) is 5.75 Å². The molecule has 0 fully saturated rings. The second-order valence-corrected chi connectivity index (χ2v) is 3.30. The summed E-state index contributed by atoms with van der Waals surface area (Å²) >= 11 is 0. The van der Waals surface area contributed by atoms with Crippen molar-refractivity contribution in [1.29, 1.82) is 0 Å². The zero-order valence-electron chi connectivity index (χ0n) is 8.73. The van der Waals surface area contributed by atoms with Crippen molar-refractivity contribution in [1.82, 2.24) is 0 Å². The molecule has 0 aliphatic heterocycles. The van der Waals surface area contributed by atoms with Crippen molar-refractivity contribution in [2.24, 2.45) is 0 Å². The Morgan fingerprint density at radius 2 is 2.00 bits per heavy atom. The fraction of sp³-hybridized carbons (Fsp3) is 0.333. The van der Waals surface area contributed by atoms with Crippen LogP contribution in [-0.2, 0) is 16.0 Å². The number of aryl methyl sites for hydroxylation is 1. The molecule has 0 bridgehead atoms. The third kappa shape index (κ3) is 4.40. The van der Waals surface area contributed by atoms with E-state index in [1.807, 2.05) is 12.1 Å². The van der Waals surface area contributed by atoms with Crippen LogP contribution in [0.2, 0.25) is 0 Å². The number of aldehydes is 1. The van der Waals surface area contributed by atoms with Crippen LogP contribution in [0, 0.1) is 0 Å². The van der Waals surface area contributed by atoms with Crippen molar-refractivity contribution in [3.05, 3.63) is 29.8 Å². The summed E-state index contributed by atoms with van der Waals surface area (Å²) < 4.78 is 4.90. The van der Waals surface area contributed by atoms with E-state index in [0.29, 0.717) is 12.2 Å². The van der Waals surface area contributed by atoms with Crippen LogP contribution in [0.15, 0.2) is 24.3 Å². The molecule has 0 atom stereocenters. The third-order valence-corrected chi connectivity index (χ3v) is 1.97. The molecule has 3 heteroatoms. The van der Waals surface area contributed by atoms with Crippen LogP contribution in [-0.4, -0.2) is 12.3 Å². The summed E-state index contributed by atoms with van der Waals surface area (Å²) in [7, 11) is 0. The molecule has 0 saturated heterocycles. The summed E-state index contributed by atoms with van der Waals surface area (Å²) in [4.78, 5) is 20.8. The lowest BCUT2D eigenvalue weighted by atomic mass is 10.1. The number of carbonyl (C=O) groups excluding carboxylic acids is 2. The zero-order valence-corrected chi connectivity index (χ0v) is 8.73. The number of rotatable bonds is 5. The van der Waals surface area contributed by atoms with Gasteiger partial charge in [-0.15, -0.1) is 0 Å². The molecule has 0 saturated carbocycles. The lowest BCUT2D eigenvalue weighted by Gasteiger charge is -2.02. The summed E-state index contributed by atoms with van der Waals surface area (Å²) in [5.41, 5.74) is 1.15. The average Bonchev–Trinajstić information content (AvgIpc) is 2.20. The number of esters is 1. The van der Waals surface area contributed by atoms with E-state index >= 15 is 0 Å². The van der Waals surface area contributed by atoms with Gasteiger partial charge in [-0.05, 0) is 30.5 Å². The van der Waals surface area contributed by atoms with Gasteiger partial charge in [-0.2, -0.15) is 0 Å². The second kappa shape index (κ2) is 5.96. The van der Waals surface area contributed by atoms with E-state index in [1.54, 1.807) is 12.1 Å². The van der Waals surface area contributed by atoms with Gasteiger partial charge >= 0.3 is 5.97 Å². The smallest absolute Gasteiger partial charge is 0.308 e. The Morgan fingerprint density at radius 3 is 2.53 bits per heavy atom. The van der Waals surface area contributed by atoms with Gasteiger partial charge in [0.25, 0.3) is 0 Å². The Kier molecular flexibility index (Phi) is 4.54. The molecule has 0 heterocycles. The number of benzene rings is 1. The fourth-order valence-corrected chi connectivity index (χ4v) is 1.28. The van der Waals surface area contributed by atoms with Crippen molar-refractivity contribution >= 4 is 12.3 Å². The van der Waals surface area contributed by atoms with Crippen LogP contribution in [0.3, 0.4) is 0 Å². The van der Waals surface area contributed by atoms with E-state index in [2.05, 4.69) is 0 Å².